The van der Waals surface area contributed by atoms with Gasteiger partial charge in [-0.1, -0.05) is 12.1 Å². The zero-order valence-electron chi connectivity index (χ0n) is 12.3. The SMILES string of the molecule is NNC(=O)CN(Cc1ccco1)S(=O)(=O)c1ccccc1[N+](=O)[O-]. The molecule has 1 heterocycles. The average Bonchev–Trinajstić information content (AvgIpc) is 3.07. The third-order valence-corrected chi connectivity index (χ3v) is 4.91. The van der Waals surface area contributed by atoms with E-state index in [9.17, 15) is 23.3 Å². The Morgan fingerprint density at radius 2 is 2.00 bits per heavy atom. The van der Waals surface area contributed by atoms with E-state index in [0.29, 0.717) is 0 Å². The highest BCUT2D eigenvalue weighted by Gasteiger charge is 2.33. The maximum atomic E-state index is 12.8. The van der Waals surface area contributed by atoms with Crippen molar-refractivity contribution in [3.63, 3.8) is 0 Å². The minimum Gasteiger partial charge on any atom is -0.468 e. The van der Waals surface area contributed by atoms with Gasteiger partial charge in [0.15, 0.2) is 4.90 Å². The summed E-state index contributed by atoms with van der Waals surface area (Å²) >= 11 is 0. The molecule has 1 amide bonds. The van der Waals surface area contributed by atoms with Gasteiger partial charge in [0.1, 0.15) is 5.76 Å². The summed E-state index contributed by atoms with van der Waals surface area (Å²) in [6.07, 6.45) is 1.34. The molecule has 0 saturated carbocycles. The topological polar surface area (TPSA) is 149 Å². The van der Waals surface area contributed by atoms with Crippen LogP contribution in [-0.4, -0.2) is 30.1 Å². The van der Waals surface area contributed by atoms with Gasteiger partial charge in [0.05, 0.1) is 24.3 Å². The Bertz CT molecular complexity index is 834. The van der Waals surface area contributed by atoms with Crippen LogP contribution in [0.5, 0.6) is 0 Å². The molecule has 128 valence electrons. The van der Waals surface area contributed by atoms with Crippen molar-refractivity contribution in [3.8, 4) is 0 Å². The monoisotopic (exact) mass is 354 g/mol. The quantitative estimate of drug-likeness (QED) is 0.316. The summed E-state index contributed by atoms with van der Waals surface area (Å²) in [5.74, 6) is 4.49. The number of para-hydroxylation sites is 1. The summed E-state index contributed by atoms with van der Waals surface area (Å²) in [7, 11) is -4.34. The van der Waals surface area contributed by atoms with E-state index in [-0.39, 0.29) is 12.3 Å². The molecule has 2 aromatic rings. The van der Waals surface area contributed by atoms with Gasteiger partial charge in [-0.15, -0.1) is 0 Å². The molecule has 0 saturated heterocycles. The van der Waals surface area contributed by atoms with E-state index in [1.54, 1.807) is 6.07 Å². The Morgan fingerprint density at radius 3 is 2.58 bits per heavy atom. The molecule has 0 aliphatic carbocycles. The van der Waals surface area contributed by atoms with Gasteiger partial charge in [0, 0.05) is 6.07 Å². The number of hydrogen-bond acceptors (Lipinski definition) is 7. The number of hydrazine groups is 1. The molecule has 1 aromatic heterocycles. The standard InChI is InChI=1S/C13H14N4O6S/c14-15-13(18)9-16(8-10-4-3-7-23-10)24(21,22)12-6-2-1-5-11(12)17(19)20/h1-7H,8-9,14H2,(H,15,18). The number of furan rings is 1. The minimum atomic E-state index is -4.34. The number of nitro groups is 1. The lowest BCUT2D eigenvalue weighted by molar-refractivity contribution is -0.387. The van der Waals surface area contributed by atoms with E-state index in [2.05, 4.69) is 0 Å². The first-order valence-corrected chi connectivity index (χ1v) is 8.05. The van der Waals surface area contributed by atoms with E-state index in [1.165, 1.54) is 24.5 Å². The van der Waals surface area contributed by atoms with Gasteiger partial charge >= 0.3 is 0 Å². The summed E-state index contributed by atoms with van der Waals surface area (Å²) in [4.78, 5) is 21.3. The lowest BCUT2D eigenvalue weighted by Crippen LogP contribution is -2.42. The van der Waals surface area contributed by atoms with E-state index in [4.69, 9.17) is 10.3 Å². The maximum absolute atomic E-state index is 12.8. The first-order chi connectivity index (χ1) is 11.4. The van der Waals surface area contributed by atoms with Crippen molar-refractivity contribution in [2.75, 3.05) is 6.54 Å². The Hall–Kier alpha value is -2.76. The summed E-state index contributed by atoms with van der Waals surface area (Å²) in [5.41, 5.74) is 1.24. The molecule has 10 nitrogen and oxygen atoms in total. The average molecular weight is 354 g/mol. The molecule has 0 spiro atoms. The predicted octanol–water partition coefficient (Wildman–Crippen LogP) is 0.369. The van der Waals surface area contributed by atoms with Crippen molar-refractivity contribution in [2.45, 2.75) is 11.4 Å². The number of rotatable bonds is 7. The largest absolute Gasteiger partial charge is 0.468 e. The van der Waals surface area contributed by atoms with Crippen molar-refractivity contribution in [1.29, 1.82) is 0 Å². The van der Waals surface area contributed by atoms with Crippen molar-refractivity contribution in [3.05, 3.63) is 58.5 Å². The van der Waals surface area contributed by atoms with E-state index in [1.807, 2.05) is 5.43 Å². The van der Waals surface area contributed by atoms with Crippen LogP contribution in [0.1, 0.15) is 5.76 Å². The van der Waals surface area contributed by atoms with Crippen LogP contribution in [0, 0.1) is 10.1 Å². The number of hydrogen-bond donors (Lipinski definition) is 2. The second kappa shape index (κ2) is 7.21. The highest BCUT2D eigenvalue weighted by molar-refractivity contribution is 7.89. The normalized spacial score (nSPS) is 11.4. The molecule has 2 rings (SSSR count). The molecule has 0 unspecified atom stereocenters. The number of carbonyl (C=O) groups is 1. The van der Waals surface area contributed by atoms with Gasteiger partial charge in [0.25, 0.3) is 15.7 Å². The molecule has 1 aromatic carbocycles. The Labute approximate surface area is 137 Å². The second-order valence-corrected chi connectivity index (χ2v) is 6.55. The van der Waals surface area contributed by atoms with Crippen LogP contribution >= 0.6 is 0 Å². The van der Waals surface area contributed by atoms with Crippen molar-refractivity contribution in [2.24, 2.45) is 5.84 Å². The highest BCUT2D eigenvalue weighted by atomic mass is 32.2. The fourth-order valence-electron chi connectivity index (χ4n) is 1.97. The van der Waals surface area contributed by atoms with Gasteiger partial charge in [0.2, 0.25) is 5.91 Å². The second-order valence-electron chi connectivity index (χ2n) is 4.64. The van der Waals surface area contributed by atoms with Crippen LogP contribution in [0.15, 0.2) is 52.0 Å². The van der Waals surface area contributed by atoms with Gasteiger partial charge in [-0.25, -0.2) is 14.3 Å². The molecular weight excluding hydrogens is 340 g/mol. The van der Waals surface area contributed by atoms with Crippen LogP contribution in [0.2, 0.25) is 0 Å². The molecule has 0 aliphatic rings. The van der Waals surface area contributed by atoms with Crippen molar-refractivity contribution >= 4 is 21.6 Å². The van der Waals surface area contributed by atoms with Gasteiger partial charge in [-0.05, 0) is 18.2 Å². The van der Waals surface area contributed by atoms with Crippen LogP contribution in [0.25, 0.3) is 0 Å². The summed E-state index contributed by atoms with van der Waals surface area (Å²) < 4.78 is 31.4. The van der Waals surface area contributed by atoms with Crippen molar-refractivity contribution < 1.29 is 22.6 Å². The molecule has 0 atom stereocenters. The molecular formula is C13H14N4O6S. The molecule has 0 radical (unpaired) electrons. The molecule has 0 aliphatic heterocycles. The number of nitrogens with zero attached hydrogens (tertiary/aromatic N) is 2. The molecule has 11 heteroatoms. The lowest BCUT2D eigenvalue weighted by Gasteiger charge is -2.20. The van der Waals surface area contributed by atoms with E-state index >= 15 is 0 Å². The third-order valence-electron chi connectivity index (χ3n) is 3.07. The molecule has 24 heavy (non-hydrogen) atoms. The number of amides is 1. The summed E-state index contributed by atoms with van der Waals surface area (Å²) in [6.45, 7) is -0.902. The smallest absolute Gasteiger partial charge is 0.289 e. The fraction of sp³-hybridized carbons (Fsp3) is 0.154. The first kappa shape index (κ1) is 17.6. The van der Waals surface area contributed by atoms with Gasteiger partial charge in [-0.3, -0.25) is 20.3 Å². The fourth-order valence-corrected chi connectivity index (χ4v) is 3.49. The summed E-state index contributed by atoms with van der Waals surface area (Å²) in [6, 6.07) is 7.94. The number of nitrogens with one attached hydrogen (secondary N) is 1. The van der Waals surface area contributed by atoms with Gasteiger partial charge in [-0.2, -0.15) is 4.31 Å². The number of benzene rings is 1. The van der Waals surface area contributed by atoms with Gasteiger partial charge < -0.3 is 4.42 Å². The zero-order valence-corrected chi connectivity index (χ0v) is 13.1. The number of sulfonamides is 1. The first-order valence-electron chi connectivity index (χ1n) is 6.61. The molecule has 0 bridgehead atoms. The Morgan fingerprint density at radius 1 is 1.29 bits per heavy atom. The van der Waals surface area contributed by atoms with Crippen molar-refractivity contribution in [1.82, 2.24) is 9.73 Å². The Balaban J connectivity index is 2.47. The van der Waals surface area contributed by atoms with Crippen LogP contribution in [0.3, 0.4) is 0 Å². The third kappa shape index (κ3) is 3.76. The lowest BCUT2D eigenvalue weighted by atomic mass is 10.3. The molecule has 3 N–H and O–H groups in total. The zero-order chi connectivity index (χ0) is 17.7. The summed E-state index contributed by atoms with van der Waals surface area (Å²) in [5, 5.41) is 11.1. The number of nitro benzene ring substituents is 1. The van der Waals surface area contributed by atoms with Crippen LogP contribution in [-0.2, 0) is 21.4 Å². The maximum Gasteiger partial charge on any atom is 0.289 e. The van der Waals surface area contributed by atoms with Crippen LogP contribution in [0.4, 0.5) is 5.69 Å². The number of nitrogens with two attached hydrogens (primary N) is 1. The number of carbonyl (C=O) groups excluding carboxylic acids is 1. The Kier molecular flexibility index (Phi) is 5.28. The van der Waals surface area contributed by atoms with E-state index in [0.717, 1.165) is 16.4 Å². The van der Waals surface area contributed by atoms with E-state index < -0.39 is 38.0 Å². The van der Waals surface area contributed by atoms with Crippen LogP contribution < -0.4 is 11.3 Å². The predicted molar refractivity (Wildman–Crippen MR) is 81.7 cm³/mol. The highest BCUT2D eigenvalue weighted by Crippen LogP contribution is 2.27. The molecule has 0 fully saturated rings. The minimum absolute atomic E-state index is 0.266.